The van der Waals surface area contributed by atoms with Crippen molar-refractivity contribution in [3.05, 3.63) is 53.6 Å². The van der Waals surface area contributed by atoms with Gasteiger partial charge >= 0.3 is 6.18 Å². The van der Waals surface area contributed by atoms with Crippen molar-refractivity contribution < 1.29 is 18.0 Å². The van der Waals surface area contributed by atoms with Crippen LogP contribution in [0.3, 0.4) is 0 Å². The highest BCUT2D eigenvalue weighted by Crippen LogP contribution is 2.33. The highest BCUT2D eigenvalue weighted by Gasteiger charge is 2.30. The minimum Gasteiger partial charge on any atom is -0.299 e. The van der Waals surface area contributed by atoms with Crippen LogP contribution in [0.25, 0.3) is 11.1 Å². The van der Waals surface area contributed by atoms with Crippen LogP contribution in [0.5, 0.6) is 0 Å². The molecule has 1 heterocycles. The molecule has 1 unspecified atom stereocenters. The zero-order chi connectivity index (χ0) is 16.6. The Morgan fingerprint density at radius 1 is 1.09 bits per heavy atom. The summed E-state index contributed by atoms with van der Waals surface area (Å²) in [6, 6.07) is 10.6. The first kappa shape index (κ1) is 15.5. The van der Waals surface area contributed by atoms with Gasteiger partial charge in [-0.1, -0.05) is 18.2 Å². The molecule has 1 atom stereocenters. The van der Waals surface area contributed by atoms with E-state index in [9.17, 15) is 18.0 Å². The minimum atomic E-state index is -4.34. The summed E-state index contributed by atoms with van der Waals surface area (Å²) in [4.78, 5) is 15.8. The second-order valence-electron chi connectivity index (χ2n) is 5.62. The lowest BCUT2D eigenvalue weighted by Gasteiger charge is -2.17. The van der Waals surface area contributed by atoms with Crippen molar-refractivity contribution in [1.82, 2.24) is 0 Å². The molecule has 0 aliphatic carbocycles. The average Bonchev–Trinajstić information content (AvgIpc) is 2.53. The molecule has 2 aromatic rings. The van der Waals surface area contributed by atoms with Crippen LogP contribution in [0.1, 0.15) is 18.1 Å². The molecule has 5 heteroatoms. The number of ketones is 1. The molecule has 0 fully saturated rings. The predicted molar refractivity (Wildman–Crippen MR) is 82.9 cm³/mol. The van der Waals surface area contributed by atoms with Gasteiger partial charge < -0.3 is 0 Å². The number of benzene rings is 2. The first-order chi connectivity index (χ1) is 10.8. The molecule has 1 aliphatic heterocycles. The monoisotopic (exact) mass is 317 g/mol. The Bertz CT molecular complexity index is 776. The molecule has 0 bridgehead atoms. The number of aliphatic imine (C=N–C) groups is 1. The molecule has 0 N–H and O–H groups in total. The van der Waals surface area contributed by atoms with Crippen LogP contribution in [0.2, 0.25) is 0 Å². The number of rotatable bonds is 2. The SMILES string of the molecule is CC(=O)C1C=Nc2ccc(-c3ccc(C(F)(F)F)cc3)cc2C1. The Hall–Kier alpha value is -2.43. The van der Waals surface area contributed by atoms with Gasteiger partial charge in [-0.05, 0) is 54.3 Å². The van der Waals surface area contributed by atoms with E-state index in [0.29, 0.717) is 12.0 Å². The van der Waals surface area contributed by atoms with E-state index >= 15 is 0 Å². The maximum absolute atomic E-state index is 12.6. The number of fused-ring (bicyclic) bond motifs is 1. The van der Waals surface area contributed by atoms with E-state index in [-0.39, 0.29) is 11.7 Å². The molecule has 0 saturated carbocycles. The van der Waals surface area contributed by atoms with Crippen LogP contribution in [0.4, 0.5) is 18.9 Å². The second kappa shape index (κ2) is 5.65. The van der Waals surface area contributed by atoms with Gasteiger partial charge in [0.1, 0.15) is 5.78 Å². The summed E-state index contributed by atoms with van der Waals surface area (Å²) < 4.78 is 37.9. The normalized spacial score (nSPS) is 17.0. The molecular formula is C18H14F3NO. The number of alkyl halides is 3. The number of carbonyl (C=O) groups excluding carboxylic acids is 1. The van der Waals surface area contributed by atoms with Crippen molar-refractivity contribution in [2.75, 3.05) is 0 Å². The van der Waals surface area contributed by atoms with E-state index in [0.717, 1.165) is 28.9 Å². The fourth-order valence-electron chi connectivity index (χ4n) is 2.61. The third kappa shape index (κ3) is 3.18. The number of nitrogens with zero attached hydrogens (tertiary/aromatic N) is 1. The average molecular weight is 317 g/mol. The Morgan fingerprint density at radius 2 is 1.74 bits per heavy atom. The van der Waals surface area contributed by atoms with Crippen molar-refractivity contribution in [3.63, 3.8) is 0 Å². The standard InChI is InChI=1S/C18H14F3NO/c1-11(23)15-9-14-8-13(4-7-17(14)22-10-15)12-2-5-16(6-3-12)18(19,20)21/h2-8,10,15H,9H2,1H3. The van der Waals surface area contributed by atoms with Crippen molar-refractivity contribution in [3.8, 4) is 11.1 Å². The van der Waals surface area contributed by atoms with Crippen molar-refractivity contribution >= 4 is 17.7 Å². The largest absolute Gasteiger partial charge is 0.416 e. The summed E-state index contributed by atoms with van der Waals surface area (Å²) in [5.74, 6) is -0.176. The second-order valence-corrected chi connectivity index (χ2v) is 5.62. The summed E-state index contributed by atoms with van der Waals surface area (Å²) in [5.41, 5.74) is 2.59. The summed E-state index contributed by atoms with van der Waals surface area (Å²) in [5, 5.41) is 0. The summed E-state index contributed by atoms with van der Waals surface area (Å²) in [7, 11) is 0. The summed E-state index contributed by atoms with van der Waals surface area (Å²) in [6.45, 7) is 1.53. The maximum atomic E-state index is 12.6. The lowest BCUT2D eigenvalue weighted by molar-refractivity contribution is -0.137. The quantitative estimate of drug-likeness (QED) is 0.779. The topological polar surface area (TPSA) is 29.4 Å². The summed E-state index contributed by atoms with van der Waals surface area (Å²) in [6.07, 6.45) is -2.11. The van der Waals surface area contributed by atoms with Crippen molar-refractivity contribution in [2.45, 2.75) is 19.5 Å². The molecule has 0 amide bonds. The first-order valence-electron chi connectivity index (χ1n) is 7.20. The molecule has 2 nitrogen and oxygen atoms in total. The lowest BCUT2D eigenvalue weighted by atomic mass is 9.91. The van der Waals surface area contributed by atoms with Gasteiger partial charge in [-0.3, -0.25) is 9.79 Å². The Kier molecular flexibility index (Phi) is 3.80. The third-order valence-electron chi connectivity index (χ3n) is 3.98. The minimum absolute atomic E-state index is 0.0549. The Morgan fingerprint density at radius 3 is 2.35 bits per heavy atom. The fraction of sp³-hybridized carbons (Fsp3) is 0.222. The van der Waals surface area contributed by atoms with Gasteiger partial charge in [0.15, 0.2) is 0 Å². The Balaban J connectivity index is 1.92. The number of hydrogen-bond donors (Lipinski definition) is 0. The molecule has 0 aromatic heterocycles. The van der Waals surface area contributed by atoms with Crippen LogP contribution < -0.4 is 0 Å². The number of hydrogen-bond acceptors (Lipinski definition) is 2. The van der Waals surface area contributed by atoms with E-state index in [1.165, 1.54) is 19.1 Å². The van der Waals surface area contributed by atoms with Gasteiger partial charge in [-0.2, -0.15) is 13.2 Å². The molecule has 2 aromatic carbocycles. The number of Topliss-reactive ketones (excluding diaryl/α,β-unsaturated/α-hetero) is 1. The molecular weight excluding hydrogens is 303 g/mol. The highest BCUT2D eigenvalue weighted by atomic mass is 19.4. The molecule has 118 valence electrons. The van der Waals surface area contributed by atoms with Gasteiger partial charge in [-0.15, -0.1) is 0 Å². The van der Waals surface area contributed by atoms with E-state index in [1.54, 1.807) is 6.21 Å². The van der Waals surface area contributed by atoms with Gasteiger partial charge in [0.25, 0.3) is 0 Å². The summed E-state index contributed by atoms with van der Waals surface area (Å²) >= 11 is 0. The predicted octanol–water partition coefficient (Wildman–Crippen LogP) is 4.84. The van der Waals surface area contributed by atoms with Gasteiger partial charge in [-0.25, -0.2) is 0 Å². The van der Waals surface area contributed by atoms with Gasteiger partial charge in [0.05, 0.1) is 17.2 Å². The molecule has 23 heavy (non-hydrogen) atoms. The Labute approximate surface area is 131 Å². The smallest absolute Gasteiger partial charge is 0.299 e. The van der Waals surface area contributed by atoms with Crippen molar-refractivity contribution in [1.29, 1.82) is 0 Å². The van der Waals surface area contributed by atoms with Gasteiger partial charge in [0.2, 0.25) is 0 Å². The maximum Gasteiger partial charge on any atom is 0.416 e. The van der Waals surface area contributed by atoms with Crippen LogP contribution in [0.15, 0.2) is 47.5 Å². The first-order valence-corrected chi connectivity index (χ1v) is 7.20. The molecule has 0 saturated heterocycles. The van der Waals surface area contributed by atoms with E-state index in [2.05, 4.69) is 4.99 Å². The fourth-order valence-corrected chi connectivity index (χ4v) is 2.61. The van der Waals surface area contributed by atoms with E-state index in [4.69, 9.17) is 0 Å². The molecule has 3 rings (SSSR count). The van der Waals surface area contributed by atoms with Crippen LogP contribution in [0, 0.1) is 5.92 Å². The van der Waals surface area contributed by atoms with E-state index in [1.807, 2.05) is 18.2 Å². The third-order valence-corrected chi connectivity index (χ3v) is 3.98. The molecule has 1 aliphatic rings. The number of halogens is 3. The highest BCUT2D eigenvalue weighted by molar-refractivity contribution is 5.95. The molecule has 0 radical (unpaired) electrons. The van der Waals surface area contributed by atoms with Crippen LogP contribution in [-0.4, -0.2) is 12.0 Å². The van der Waals surface area contributed by atoms with Crippen LogP contribution >= 0.6 is 0 Å². The van der Waals surface area contributed by atoms with Gasteiger partial charge in [0, 0.05) is 6.21 Å². The zero-order valence-electron chi connectivity index (χ0n) is 12.4. The zero-order valence-corrected chi connectivity index (χ0v) is 12.4. The van der Waals surface area contributed by atoms with Crippen LogP contribution in [-0.2, 0) is 17.4 Å². The lowest BCUT2D eigenvalue weighted by Crippen LogP contribution is -2.18. The molecule has 0 spiro atoms. The van der Waals surface area contributed by atoms with E-state index < -0.39 is 11.7 Å². The van der Waals surface area contributed by atoms with Crippen molar-refractivity contribution in [2.24, 2.45) is 10.9 Å². The number of carbonyl (C=O) groups is 1.